The minimum absolute atomic E-state index is 0.259. The summed E-state index contributed by atoms with van der Waals surface area (Å²) in [6.07, 6.45) is 1.52. The fourth-order valence-corrected chi connectivity index (χ4v) is 6.54. The summed E-state index contributed by atoms with van der Waals surface area (Å²) in [5.74, 6) is 1.88. The topological polar surface area (TPSA) is 86.1 Å². The molecule has 6 aromatic rings. The zero-order valence-electron chi connectivity index (χ0n) is 30.1. The van der Waals surface area contributed by atoms with Gasteiger partial charge in [0.2, 0.25) is 0 Å². The molecule has 1 saturated heterocycles. The molecule has 0 unspecified atom stereocenters. The van der Waals surface area contributed by atoms with Crippen LogP contribution in [0.1, 0.15) is 45.2 Å². The highest BCUT2D eigenvalue weighted by Crippen LogP contribution is 2.36. The Kier molecular flexibility index (Phi) is 11.9. The molecular formula is C45H45N3O5. The first-order valence-corrected chi connectivity index (χ1v) is 18.4. The van der Waals surface area contributed by atoms with Crippen molar-refractivity contribution in [2.24, 2.45) is 0 Å². The lowest BCUT2D eigenvalue weighted by molar-refractivity contribution is 0.0342. The summed E-state index contributed by atoms with van der Waals surface area (Å²) < 4.78 is 24.0. The number of nitrogens with zero attached hydrogens (tertiary/aromatic N) is 2. The van der Waals surface area contributed by atoms with Crippen molar-refractivity contribution >= 4 is 5.91 Å². The number of carbonyl (C=O) groups is 1. The third kappa shape index (κ3) is 9.40. The maximum absolute atomic E-state index is 13.2. The van der Waals surface area contributed by atoms with Crippen molar-refractivity contribution in [1.82, 2.24) is 15.4 Å². The molecule has 53 heavy (non-hydrogen) atoms. The zero-order valence-corrected chi connectivity index (χ0v) is 30.1. The number of carbonyl (C=O) groups excluding carboxylic acids is 1. The second-order valence-corrected chi connectivity index (χ2v) is 13.2. The second kappa shape index (κ2) is 17.7. The highest BCUT2D eigenvalue weighted by atomic mass is 16.5. The lowest BCUT2D eigenvalue weighted by Gasteiger charge is -2.26. The summed E-state index contributed by atoms with van der Waals surface area (Å²) in [7, 11) is 0. The first-order chi connectivity index (χ1) is 26.1. The molecule has 1 amide bonds. The number of hydrogen-bond donors (Lipinski definition) is 1. The van der Waals surface area contributed by atoms with Crippen LogP contribution in [0, 0.1) is 0 Å². The van der Waals surface area contributed by atoms with Crippen LogP contribution in [0.4, 0.5) is 0 Å². The Balaban J connectivity index is 1.11. The van der Waals surface area contributed by atoms with Gasteiger partial charge in [0, 0.05) is 37.8 Å². The first kappa shape index (κ1) is 35.7. The van der Waals surface area contributed by atoms with Crippen LogP contribution >= 0.6 is 0 Å². The van der Waals surface area contributed by atoms with Crippen molar-refractivity contribution < 1.29 is 23.5 Å². The Labute approximate surface area is 311 Å². The number of morpholine rings is 1. The summed E-state index contributed by atoms with van der Waals surface area (Å²) in [5.41, 5.74) is 8.35. The summed E-state index contributed by atoms with van der Waals surface area (Å²) in [6, 6.07) is 43.1. The molecule has 0 spiro atoms. The van der Waals surface area contributed by atoms with E-state index in [0.29, 0.717) is 31.1 Å². The number of amides is 1. The average Bonchev–Trinajstić information content (AvgIpc) is 3.66. The molecule has 1 aliphatic heterocycles. The van der Waals surface area contributed by atoms with Crippen LogP contribution < -0.4 is 14.8 Å². The summed E-state index contributed by atoms with van der Waals surface area (Å²) >= 11 is 0. The fourth-order valence-electron chi connectivity index (χ4n) is 6.54. The Hall–Kier alpha value is -5.70. The summed E-state index contributed by atoms with van der Waals surface area (Å²) in [6.45, 7) is 7.55. The van der Waals surface area contributed by atoms with E-state index >= 15 is 0 Å². The average molecular weight is 708 g/mol. The lowest BCUT2D eigenvalue weighted by atomic mass is 9.96. The van der Waals surface area contributed by atoms with E-state index in [4.69, 9.17) is 18.7 Å². The molecule has 2 heterocycles. The van der Waals surface area contributed by atoms with Crippen LogP contribution in [0.25, 0.3) is 22.5 Å². The van der Waals surface area contributed by atoms with Gasteiger partial charge in [-0.2, -0.15) is 0 Å². The first-order valence-electron chi connectivity index (χ1n) is 18.4. The highest BCUT2D eigenvalue weighted by molar-refractivity contribution is 6.02. The Morgan fingerprint density at radius 1 is 0.717 bits per heavy atom. The van der Waals surface area contributed by atoms with Gasteiger partial charge in [-0.15, -0.1) is 0 Å². The SMILES string of the molecule is CCNC(=O)c1noc(-c2cccc(CCc3ccc(OCc4ccccc4)cc3OCc3ccccc3)c2)c1-c1ccc(CN2CCOCC2)cc1. The smallest absolute Gasteiger partial charge is 0.274 e. The van der Waals surface area contributed by atoms with Gasteiger partial charge in [0.05, 0.1) is 18.8 Å². The number of nitrogens with one attached hydrogen (secondary N) is 1. The van der Waals surface area contributed by atoms with Crippen molar-refractivity contribution in [2.45, 2.75) is 39.5 Å². The molecule has 8 heteroatoms. The van der Waals surface area contributed by atoms with Gasteiger partial charge in [0.25, 0.3) is 5.91 Å². The predicted molar refractivity (Wildman–Crippen MR) is 207 cm³/mol. The number of aromatic nitrogens is 1. The van der Waals surface area contributed by atoms with Crippen LogP contribution in [0.15, 0.2) is 132 Å². The fraction of sp³-hybridized carbons (Fsp3) is 0.244. The molecule has 5 aromatic carbocycles. The van der Waals surface area contributed by atoms with Crippen LogP contribution in [0.5, 0.6) is 11.5 Å². The van der Waals surface area contributed by atoms with Crippen molar-refractivity contribution in [3.05, 3.63) is 161 Å². The molecule has 8 nitrogen and oxygen atoms in total. The number of benzene rings is 5. The van der Waals surface area contributed by atoms with E-state index in [-0.39, 0.29) is 11.6 Å². The van der Waals surface area contributed by atoms with E-state index in [1.807, 2.05) is 67.6 Å². The zero-order chi connectivity index (χ0) is 36.2. The van der Waals surface area contributed by atoms with Gasteiger partial charge in [0.15, 0.2) is 11.5 Å². The number of hydrogen-bond acceptors (Lipinski definition) is 7. The van der Waals surface area contributed by atoms with Crippen LogP contribution in [0.3, 0.4) is 0 Å². The normalized spacial score (nSPS) is 13.1. The molecule has 270 valence electrons. The number of rotatable bonds is 15. The van der Waals surface area contributed by atoms with Crippen LogP contribution in [-0.4, -0.2) is 48.8 Å². The van der Waals surface area contributed by atoms with Crippen LogP contribution in [-0.2, 0) is 37.3 Å². The minimum Gasteiger partial charge on any atom is -0.489 e. The van der Waals surface area contributed by atoms with Crippen molar-refractivity contribution in [1.29, 1.82) is 0 Å². The maximum atomic E-state index is 13.2. The molecule has 7 rings (SSSR count). The molecule has 0 radical (unpaired) electrons. The lowest BCUT2D eigenvalue weighted by Crippen LogP contribution is -2.35. The molecule has 0 atom stereocenters. The monoisotopic (exact) mass is 707 g/mol. The van der Waals surface area contributed by atoms with Gasteiger partial charge < -0.3 is 24.1 Å². The third-order valence-electron chi connectivity index (χ3n) is 9.39. The van der Waals surface area contributed by atoms with E-state index in [9.17, 15) is 4.79 Å². The summed E-state index contributed by atoms with van der Waals surface area (Å²) in [5, 5.41) is 7.19. The molecule has 1 fully saturated rings. The predicted octanol–water partition coefficient (Wildman–Crippen LogP) is 8.53. The quantitative estimate of drug-likeness (QED) is 0.115. The molecule has 0 saturated carbocycles. The second-order valence-electron chi connectivity index (χ2n) is 13.2. The standard InChI is InChI=1S/C45H45N3O5/c1-2-46-45(49)43-42(38-20-17-34(18-21-38)30-48-24-26-50-27-25-48)44(53-47-43)39-15-9-14-33(28-39)16-19-37-22-23-40(51-31-35-10-5-3-6-11-35)29-41(37)52-32-36-12-7-4-8-13-36/h3-15,17-18,20-23,28-29H,2,16,19,24-27,30-32H2,1H3,(H,46,49). The molecule has 1 aliphatic rings. The van der Waals surface area contributed by atoms with Gasteiger partial charge in [-0.3, -0.25) is 9.69 Å². The molecule has 0 aliphatic carbocycles. The Morgan fingerprint density at radius 2 is 1.42 bits per heavy atom. The van der Waals surface area contributed by atoms with Gasteiger partial charge in [-0.05, 0) is 65.3 Å². The summed E-state index contributed by atoms with van der Waals surface area (Å²) in [4.78, 5) is 15.6. The third-order valence-corrected chi connectivity index (χ3v) is 9.39. The molecule has 1 N–H and O–H groups in total. The van der Waals surface area contributed by atoms with E-state index < -0.39 is 0 Å². The largest absolute Gasteiger partial charge is 0.489 e. The van der Waals surface area contributed by atoms with Gasteiger partial charge in [0.1, 0.15) is 24.7 Å². The molecule has 0 bridgehead atoms. The van der Waals surface area contributed by atoms with E-state index in [2.05, 4.69) is 82.1 Å². The van der Waals surface area contributed by atoms with E-state index in [1.54, 1.807) is 0 Å². The molecule has 1 aromatic heterocycles. The van der Waals surface area contributed by atoms with Gasteiger partial charge in [-0.1, -0.05) is 114 Å². The van der Waals surface area contributed by atoms with Crippen LogP contribution in [0.2, 0.25) is 0 Å². The molecular weight excluding hydrogens is 663 g/mol. The Morgan fingerprint density at radius 3 is 2.13 bits per heavy atom. The van der Waals surface area contributed by atoms with Crippen molar-refractivity contribution in [3.63, 3.8) is 0 Å². The maximum Gasteiger partial charge on any atom is 0.274 e. The van der Waals surface area contributed by atoms with Crippen molar-refractivity contribution in [2.75, 3.05) is 32.8 Å². The number of aryl methyl sites for hydroxylation is 2. The highest BCUT2D eigenvalue weighted by Gasteiger charge is 2.24. The Bertz CT molecular complexity index is 2070. The van der Waals surface area contributed by atoms with Gasteiger partial charge in [-0.25, -0.2) is 0 Å². The van der Waals surface area contributed by atoms with Gasteiger partial charge >= 0.3 is 0 Å². The minimum atomic E-state index is -0.259. The van der Waals surface area contributed by atoms with Crippen molar-refractivity contribution in [3.8, 4) is 33.9 Å². The number of ether oxygens (including phenoxy) is 3. The van der Waals surface area contributed by atoms with E-state index in [1.165, 1.54) is 5.56 Å². The van der Waals surface area contributed by atoms with E-state index in [0.717, 1.165) is 90.6 Å².